The number of nitrogens with two attached hydrogens (primary N) is 1. The first-order chi connectivity index (χ1) is 7.84. The van der Waals surface area contributed by atoms with Crippen LogP contribution in [0.15, 0.2) is 18.2 Å². The molecule has 96 valence electrons. The number of hydrogen-bond acceptors (Lipinski definition) is 3. The fraction of sp³-hybridized carbons (Fsp3) is 0.571. The number of anilines is 2. The minimum absolute atomic E-state index is 0.108. The first-order valence-electron chi connectivity index (χ1n) is 6.08. The molecule has 0 aliphatic carbocycles. The van der Waals surface area contributed by atoms with E-state index in [0.29, 0.717) is 0 Å². The van der Waals surface area contributed by atoms with E-state index in [1.807, 2.05) is 25.1 Å². The van der Waals surface area contributed by atoms with Gasteiger partial charge in [-0.3, -0.25) is 0 Å². The Morgan fingerprint density at radius 2 is 2.00 bits per heavy atom. The van der Waals surface area contributed by atoms with Gasteiger partial charge in [-0.25, -0.2) is 0 Å². The molecule has 0 heterocycles. The first-order valence-corrected chi connectivity index (χ1v) is 6.08. The molecule has 0 aliphatic rings. The van der Waals surface area contributed by atoms with Crippen LogP contribution in [-0.2, 0) is 0 Å². The highest BCUT2D eigenvalue weighted by Gasteiger charge is 2.24. The van der Waals surface area contributed by atoms with Crippen LogP contribution in [0.1, 0.15) is 32.8 Å². The van der Waals surface area contributed by atoms with Gasteiger partial charge in [0.2, 0.25) is 0 Å². The lowest BCUT2D eigenvalue weighted by atomic mass is 9.84. The van der Waals surface area contributed by atoms with Gasteiger partial charge in [0.05, 0.1) is 0 Å². The molecule has 1 aromatic carbocycles. The van der Waals surface area contributed by atoms with Gasteiger partial charge < -0.3 is 16.2 Å². The van der Waals surface area contributed by atoms with Gasteiger partial charge >= 0.3 is 0 Å². The molecule has 0 bridgehead atoms. The molecule has 0 amide bonds. The molecule has 4 N–H and O–H groups in total. The molecule has 1 rings (SSSR count). The van der Waals surface area contributed by atoms with Crippen molar-refractivity contribution < 1.29 is 5.11 Å². The summed E-state index contributed by atoms with van der Waals surface area (Å²) in [7, 11) is 0. The van der Waals surface area contributed by atoms with Crippen LogP contribution in [0.5, 0.6) is 0 Å². The second kappa shape index (κ2) is 5.41. The minimum Gasteiger partial charge on any atom is -0.399 e. The fourth-order valence-electron chi connectivity index (χ4n) is 1.89. The van der Waals surface area contributed by atoms with Crippen LogP contribution in [0.3, 0.4) is 0 Å². The molecule has 0 aromatic heterocycles. The Kier molecular flexibility index (Phi) is 4.40. The predicted molar refractivity (Wildman–Crippen MR) is 74.2 cm³/mol. The number of aliphatic hydroxyl groups excluding tert-OH is 1. The summed E-state index contributed by atoms with van der Waals surface area (Å²) in [6.07, 6.45) is 0.743. The summed E-state index contributed by atoms with van der Waals surface area (Å²) in [4.78, 5) is 0. The Bertz CT molecular complexity index is 369. The van der Waals surface area contributed by atoms with E-state index in [2.05, 4.69) is 26.1 Å². The van der Waals surface area contributed by atoms with E-state index in [4.69, 9.17) is 10.8 Å². The number of rotatable bonds is 4. The second-order valence-electron chi connectivity index (χ2n) is 5.65. The third kappa shape index (κ3) is 3.93. The zero-order valence-corrected chi connectivity index (χ0v) is 11.2. The standard InChI is InChI=1S/C14H24N2O/c1-10-9-11(15)5-6-12(10)16-13(7-8-17)14(2,3)4/h5-6,9,13,16-17H,7-8,15H2,1-4H3. The van der Waals surface area contributed by atoms with Crippen molar-refractivity contribution in [2.45, 2.75) is 40.2 Å². The molecule has 3 heteroatoms. The summed E-state index contributed by atoms with van der Waals surface area (Å²) in [5.74, 6) is 0. The Morgan fingerprint density at radius 3 is 2.47 bits per heavy atom. The highest BCUT2D eigenvalue weighted by molar-refractivity contribution is 5.58. The van der Waals surface area contributed by atoms with Gasteiger partial charge in [0.15, 0.2) is 0 Å². The van der Waals surface area contributed by atoms with Crippen molar-refractivity contribution in [1.29, 1.82) is 0 Å². The van der Waals surface area contributed by atoms with Crippen LogP contribution in [-0.4, -0.2) is 17.8 Å². The fourth-order valence-corrected chi connectivity index (χ4v) is 1.89. The molecule has 17 heavy (non-hydrogen) atoms. The van der Waals surface area contributed by atoms with Gasteiger partial charge in [0.25, 0.3) is 0 Å². The molecule has 0 spiro atoms. The number of nitrogen functional groups attached to an aromatic ring is 1. The first kappa shape index (κ1) is 13.8. The third-order valence-corrected chi connectivity index (χ3v) is 3.04. The highest BCUT2D eigenvalue weighted by Crippen LogP contribution is 2.27. The average Bonchev–Trinajstić information content (AvgIpc) is 2.19. The van der Waals surface area contributed by atoms with E-state index in [-0.39, 0.29) is 18.1 Å². The van der Waals surface area contributed by atoms with Crippen LogP contribution in [0, 0.1) is 12.3 Å². The van der Waals surface area contributed by atoms with Crippen LogP contribution in [0.25, 0.3) is 0 Å². The van der Waals surface area contributed by atoms with E-state index >= 15 is 0 Å². The summed E-state index contributed by atoms with van der Waals surface area (Å²) in [6.45, 7) is 8.76. The lowest BCUT2D eigenvalue weighted by Crippen LogP contribution is -2.35. The number of hydrogen-bond donors (Lipinski definition) is 3. The Hall–Kier alpha value is -1.22. The summed E-state index contributed by atoms with van der Waals surface area (Å²) >= 11 is 0. The van der Waals surface area contributed by atoms with Gasteiger partial charge in [-0.2, -0.15) is 0 Å². The lowest BCUT2D eigenvalue weighted by molar-refractivity contribution is 0.235. The molecule has 3 nitrogen and oxygen atoms in total. The van der Waals surface area contributed by atoms with E-state index < -0.39 is 0 Å². The predicted octanol–water partition coefficient (Wildman–Crippen LogP) is 2.79. The van der Waals surface area contributed by atoms with Crippen molar-refractivity contribution in [3.63, 3.8) is 0 Å². The molecular formula is C14H24N2O. The molecule has 0 saturated carbocycles. The quantitative estimate of drug-likeness (QED) is 0.705. The molecular weight excluding hydrogens is 212 g/mol. The number of benzene rings is 1. The maximum Gasteiger partial charge on any atom is 0.0450 e. The smallest absolute Gasteiger partial charge is 0.0450 e. The topological polar surface area (TPSA) is 58.3 Å². The van der Waals surface area contributed by atoms with E-state index in [0.717, 1.165) is 23.4 Å². The minimum atomic E-state index is 0.108. The largest absolute Gasteiger partial charge is 0.399 e. The average molecular weight is 236 g/mol. The van der Waals surface area contributed by atoms with Gasteiger partial charge in [0, 0.05) is 24.0 Å². The van der Waals surface area contributed by atoms with Gasteiger partial charge in [0.1, 0.15) is 0 Å². The van der Waals surface area contributed by atoms with Crippen LogP contribution in [0.4, 0.5) is 11.4 Å². The number of nitrogens with one attached hydrogen (secondary N) is 1. The Balaban J connectivity index is 2.86. The molecule has 0 fully saturated rings. The molecule has 1 unspecified atom stereocenters. The van der Waals surface area contributed by atoms with Crippen molar-refractivity contribution in [2.24, 2.45) is 5.41 Å². The molecule has 0 aliphatic heterocycles. The van der Waals surface area contributed by atoms with Gasteiger partial charge in [-0.15, -0.1) is 0 Å². The molecule has 1 atom stereocenters. The van der Waals surface area contributed by atoms with Gasteiger partial charge in [-0.1, -0.05) is 20.8 Å². The van der Waals surface area contributed by atoms with Gasteiger partial charge in [-0.05, 0) is 42.5 Å². The third-order valence-electron chi connectivity index (χ3n) is 3.04. The molecule has 0 saturated heterocycles. The summed E-state index contributed by atoms with van der Waals surface area (Å²) in [5, 5.41) is 12.6. The monoisotopic (exact) mass is 236 g/mol. The number of aryl methyl sites for hydroxylation is 1. The second-order valence-corrected chi connectivity index (χ2v) is 5.65. The SMILES string of the molecule is Cc1cc(N)ccc1NC(CCO)C(C)(C)C. The van der Waals surface area contributed by atoms with Crippen LogP contribution < -0.4 is 11.1 Å². The highest BCUT2D eigenvalue weighted by atomic mass is 16.3. The van der Waals surface area contributed by atoms with E-state index in [9.17, 15) is 0 Å². The normalized spacial score (nSPS) is 13.5. The maximum absolute atomic E-state index is 9.13. The molecule has 1 aromatic rings. The van der Waals surface area contributed by atoms with Crippen LogP contribution >= 0.6 is 0 Å². The van der Waals surface area contributed by atoms with E-state index in [1.54, 1.807) is 0 Å². The zero-order chi connectivity index (χ0) is 13.1. The Morgan fingerprint density at radius 1 is 1.35 bits per heavy atom. The van der Waals surface area contributed by atoms with E-state index in [1.165, 1.54) is 0 Å². The Labute approximate surface area is 104 Å². The van der Waals surface area contributed by atoms with Crippen molar-refractivity contribution in [3.05, 3.63) is 23.8 Å². The van der Waals surface area contributed by atoms with Crippen LogP contribution in [0.2, 0.25) is 0 Å². The van der Waals surface area contributed by atoms with Crippen molar-refractivity contribution >= 4 is 11.4 Å². The number of aliphatic hydroxyl groups is 1. The van der Waals surface area contributed by atoms with Crippen molar-refractivity contribution in [3.8, 4) is 0 Å². The lowest BCUT2D eigenvalue weighted by Gasteiger charge is -2.32. The molecule has 0 radical (unpaired) electrons. The van der Waals surface area contributed by atoms with Crippen molar-refractivity contribution in [2.75, 3.05) is 17.7 Å². The van der Waals surface area contributed by atoms with Crippen molar-refractivity contribution in [1.82, 2.24) is 0 Å². The summed E-state index contributed by atoms with van der Waals surface area (Å²) < 4.78 is 0. The summed E-state index contributed by atoms with van der Waals surface area (Å²) in [5.41, 5.74) is 8.85. The summed E-state index contributed by atoms with van der Waals surface area (Å²) in [6, 6.07) is 6.10. The zero-order valence-electron chi connectivity index (χ0n) is 11.2. The maximum atomic E-state index is 9.13.